The van der Waals surface area contributed by atoms with Crippen molar-refractivity contribution in [2.45, 2.75) is 6.54 Å². The first kappa shape index (κ1) is 16.8. The Morgan fingerprint density at radius 1 is 1.16 bits per heavy atom. The topological polar surface area (TPSA) is 86.1 Å². The van der Waals surface area contributed by atoms with Gasteiger partial charge in [-0.15, -0.1) is 5.10 Å². The molecule has 0 aliphatic heterocycles. The minimum Gasteiger partial charge on any atom is -0.383 e. The summed E-state index contributed by atoms with van der Waals surface area (Å²) < 4.78 is 6.21. The molecule has 0 saturated carbocycles. The molecule has 0 spiro atoms. The summed E-state index contributed by atoms with van der Waals surface area (Å²) in [7, 11) is 1.58. The third-order valence-electron chi connectivity index (χ3n) is 3.77. The van der Waals surface area contributed by atoms with Crippen molar-refractivity contribution in [3.8, 4) is 0 Å². The van der Waals surface area contributed by atoms with Crippen molar-refractivity contribution in [1.29, 1.82) is 0 Å². The van der Waals surface area contributed by atoms with Gasteiger partial charge in [0.15, 0.2) is 0 Å². The Morgan fingerprint density at radius 3 is 2.68 bits per heavy atom. The van der Waals surface area contributed by atoms with E-state index in [-0.39, 0.29) is 11.5 Å². The van der Waals surface area contributed by atoms with Gasteiger partial charge in [-0.25, -0.2) is 4.68 Å². The number of amides is 1. The minimum atomic E-state index is -0.188. The number of carbonyl (C=O) groups excluding carboxylic acids is 1. The number of aromatic nitrogens is 3. The number of carbonyl (C=O) groups is 1. The van der Waals surface area contributed by atoms with Crippen LogP contribution in [-0.4, -0.2) is 41.2 Å². The molecule has 0 atom stereocenters. The minimum absolute atomic E-state index is 0.161. The summed E-state index contributed by atoms with van der Waals surface area (Å²) >= 11 is 0. The molecule has 0 bridgehead atoms. The lowest BCUT2D eigenvalue weighted by atomic mass is 10.1. The molecule has 2 aromatic carbocycles. The molecule has 1 amide bonds. The van der Waals surface area contributed by atoms with E-state index in [0.717, 1.165) is 5.56 Å². The van der Waals surface area contributed by atoms with Crippen LogP contribution in [0.1, 0.15) is 15.9 Å². The quantitative estimate of drug-likeness (QED) is 0.683. The number of nitrogens with zero attached hydrogens (tertiary/aromatic N) is 3. The zero-order valence-corrected chi connectivity index (χ0v) is 13.8. The zero-order valence-electron chi connectivity index (χ0n) is 13.8. The van der Waals surface area contributed by atoms with Crippen LogP contribution in [-0.2, 0) is 11.3 Å². The monoisotopic (exact) mass is 338 g/mol. The van der Waals surface area contributed by atoms with Gasteiger partial charge in [0.2, 0.25) is 0 Å². The number of hydrogen-bond donors (Lipinski definition) is 1. The van der Waals surface area contributed by atoms with Crippen LogP contribution in [0.2, 0.25) is 0 Å². The maximum atomic E-state index is 12.4. The Hall–Kier alpha value is -3.06. The van der Waals surface area contributed by atoms with E-state index in [1.54, 1.807) is 49.6 Å². The van der Waals surface area contributed by atoms with Crippen molar-refractivity contribution < 1.29 is 9.53 Å². The van der Waals surface area contributed by atoms with Gasteiger partial charge in [-0.1, -0.05) is 29.5 Å². The van der Waals surface area contributed by atoms with Crippen LogP contribution in [0.4, 0.5) is 0 Å². The predicted molar refractivity (Wildman–Crippen MR) is 93.6 cm³/mol. The van der Waals surface area contributed by atoms with Gasteiger partial charge in [-0.2, -0.15) is 0 Å². The first-order valence-electron chi connectivity index (χ1n) is 7.87. The maximum Gasteiger partial charge on any atom is 0.277 e. The number of methoxy groups -OCH3 is 1. The summed E-state index contributed by atoms with van der Waals surface area (Å²) in [6, 6.07) is 14.1. The van der Waals surface area contributed by atoms with Crippen LogP contribution >= 0.6 is 0 Å². The molecule has 1 N–H and O–H groups in total. The van der Waals surface area contributed by atoms with E-state index in [4.69, 9.17) is 4.74 Å². The summed E-state index contributed by atoms with van der Waals surface area (Å²) in [5, 5.41) is 11.3. The molecule has 0 radical (unpaired) electrons. The summed E-state index contributed by atoms with van der Waals surface area (Å²) in [6.07, 6.45) is 0. The highest BCUT2D eigenvalue weighted by atomic mass is 16.5. The second-order valence-corrected chi connectivity index (χ2v) is 5.52. The fourth-order valence-electron chi connectivity index (χ4n) is 2.43. The molecule has 1 heterocycles. The molecule has 7 heteroatoms. The molecule has 0 fully saturated rings. The van der Waals surface area contributed by atoms with Gasteiger partial charge in [0, 0.05) is 19.2 Å². The van der Waals surface area contributed by atoms with E-state index >= 15 is 0 Å². The van der Waals surface area contributed by atoms with Crippen molar-refractivity contribution in [3.63, 3.8) is 0 Å². The Kier molecular flexibility index (Phi) is 5.15. The molecule has 128 valence electrons. The smallest absolute Gasteiger partial charge is 0.277 e. The second kappa shape index (κ2) is 7.67. The van der Waals surface area contributed by atoms with E-state index in [9.17, 15) is 9.59 Å². The molecule has 3 aromatic rings. The van der Waals surface area contributed by atoms with Crippen LogP contribution < -0.4 is 10.9 Å². The van der Waals surface area contributed by atoms with Gasteiger partial charge in [-0.05, 0) is 29.8 Å². The lowest BCUT2D eigenvalue weighted by Gasteiger charge is -2.07. The average molecular weight is 338 g/mol. The average Bonchev–Trinajstić information content (AvgIpc) is 2.65. The predicted octanol–water partition coefficient (Wildman–Crippen LogP) is 1.22. The van der Waals surface area contributed by atoms with Crippen LogP contribution in [0, 0.1) is 0 Å². The summed E-state index contributed by atoms with van der Waals surface area (Å²) in [4.78, 5) is 24.4. The number of benzene rings is 2. The molecule has 7 nitrogen and oxygen atoms in total. The molecule has 0 aliphatic rings. The fourth-order valence-corrected chi connectivity index (χ4v) is 2.43. The van der Waals surface area contributed by atoms with Crippen molar-refractivity contribution in [2.75, 3.05) is 20.3 Å². The Balaban J connectivity index is 1.75. The number of nitrogens with one attached hydrogen (secondary N) is 1. The lowest BCUT2D eigenvalue weighted by Crippen LogP contribution is -2.27. The van der Waals surface area contributed by atoms with Gasteiger partial charge in [-0.3, -0.25) is 9.59 Å². The summed E-state index contributed by atoms with van der Waals surface area (Å²) in [6.45, 7) is 1.22. The Morgan fingerprint density at radius 2 is 1.92 bits per heavy atom. The van der Waals surface area contributed by atoms with E-state index < -0.39 is 0 Å². The van der Waals surface area contributed by atoms with E-state index in [1.807, 2.05) is 6.07 Å². The molecular formula is C18H18N4O3. The molecule has 3 rings (SSSR count). The van der Waals surface area contributed by atoms with Crippen LogP contribution in [0.5, 0.6) is 0 Å². The zero-order chi connectivity index (χ0) is 17.6. The molecule has 25 heavy (non-hydrogen) atoms. The summed E-state index contributed by atoms with van der Waals surface area (Å²) in [5.74, 6) is -0.161. The number of ether oxygens (including phenoxy) is 1. The van der Waals surface area contributed by atoms with Crippen LogP contribution in [0.25, 0.3) is 10.9 Å². The third kappa shape index (κ3) is 3.89. The second-order valence-electron chi connectivity index (χ2n) is 5.52. The molecule has 0 saturated heterocycles. The van der Waals surface area contributed by atoms with Crippen molar-refractivity contribution >= 4 is 16.8 Å². The molecule has 1 aromatic heterocycles. The van der Waals surface area contributed by atoms with Gasteiger partial charge in [0.1, 0.15) is 5.52 Å². The normalized spacial score (nSPS) is 10.8. The van der Waals surface area contributed by atoms with Crippen molar-refractivity contribution in [2.24, 2.45) is 0 Å². The number of rotatable bonds is 6. The van der Waals surface area contributed by atoms with Crippen molar-refractivity contribution in [3.05, 3.63) is 70.0 Å². The van der Waals surface area contributed by atoms with Crippen LogP contribution in [0.3, 0.4) is 0 Å². The highest BCUT2D eigenvalue weighted by Gasteiger charge is 2.07. The van der Waals surface area contributed by atoms with Gasteiger partial charge in [0.05, 0.1) is 18.5 Å². The first-order valence-corrected chi connectivity index (χ1v) is 7.87. The van der Waals surface area contributed by atoms with E-state index in [0.29, 0.717) is 36.2 Å². The molecule has 0 aliphatic carbocycles. The van der Waals surface area contributed by atoms with Gasteiger partial charge in [0.25, 0.3) is 11.5 Å². The Bertz CT molecular complexity index is 935. The number of hydrogen-bond acceptors (Lipinski definition) is 5. The largest absolute Gasteiger partial charge is 0.383 e. The lowest BCUT2D eigenvalue weighted by molar-refractivity contribution is 0.0937. The standard InChI is InChI=1S/C18H18N4O3/c1-25-11-10-19-17(23)14-8-6-13(7-9-14)12-22-18(24)15-4-2-3-5-16(15)20-21-22/h2-9H,10-12H2,1H3,(H,19,23). The third-order valence-corrected chi connectivity index (χ3v) is 3.77. The van der Waals surface area contributed by atoms with E-state index in [2.05, 4.69) is 15.6 Å². The SMILES string of the molecule is COCCNC(=O)c1ccc(Cn2nnc3ccccc3c2=O)cc1. The van der Waals surface area contributed by atoms with Gasteiger partial charge >= 0.3 is 0 Å². The van der Waals surface area contributed by atoms with Crippen LogP contribution in [0.15, 0.2) is 53.3 Å². The number of fused-ring (bicyclic) bond motifs is 1. The molecular weight excluding hydrogens is 320 g/mol. The highest BCUT2D eigenvalue weighted by Crippen LogP contribution is 2.07. The maximum absolute atomic E-state index is 12.4. The van der Waals surface area contributed by atoms with Gasteiger partial charge < -0.3 is 10.1 Å². The first-order chi connectivity index (χ1) is 12.2. The van der Waals surface area contributed by atoms with E-state index in [1.165, 1.54) is 4.68 Å². The summed E-state index contributed by atoms with van der Waals surface area (Å²) in [5.41, 5.74) is 1.80. The molecule has 0 unspecified atom stereocenters. The fraction of sp³-hybridized carbons (Fsp3) is 0.222. The Labute approximate surface area is 144 Å². The van der Waals surface area contributed by atoms with Crippen molar-refractivity contribution in [1.82, 2.24) is 20.3 Å². The highest BCUT2D eigenvalue weighted by molar-refractivity contribution is 5.94.